The second-order valence-electron chi connectivity index (χ2n) is 5.71. The second-order valence-corrected chi connectivity index (χ2v) is 5.71. The first-order valence-corrected chi connectivity index (χ1v) is 6.98. The molecule has 0 bridgehead atoms. The number of aliphatic hydroxyl groups is 1. The van der Waals surface area contributed by atoms with Gasteiger partial charge in [0.1, 0.15) is 0 Å². The summed E-state index contributed by atoms with van der Waals surface area (Å²) >= 11 is 0. The molecule has 1 rings (SSSR count). The fourth-order valence-electron chi connectivity index (χ4n) is 1.92. The fourth-order valence-corrected chi connectivity index (χ4v) is 1.92. The lowest BCUT2D eigenvalue weighted by atomic mass is 9.97. The summed E-state index contributed by atoms with van der Waals surface area (Å²) in [5, 5.41) is 9.93. The van der Waals surface area contributed by atoms with Crippen molar-refractivity contribution in [2.45, 2.75) is 46.3 Å². The molecule has 0 heterocycles. The van der Waals surface area contributed by atoms with Crippen LogP contribution < -0.4 is 0 Å². The van der Waals surface area contributed by atoms with Gasteiger partial charge in [0, 0.05) is 0 Å². The van der Waals surface area contributed by atoms with Crippen molar-refractivity contribution < 1.29 is 14.6 Å². The van der Waals surface area contributed by atoms with Crippen molar-refractivity contribution in [2.75, 3.05) is 0 Å². The molecule has 0 saturated carbocycles. The van der Waals surface area contributed by atoms with Crippen LogP contribution in [0.1, 0.15) is 38.8 Å². The summed E-state index contributed by atoms with van der Waals surface area (Å²) in [6, 6.07) is 7.76. The molecule has 110 valence electrons. The van der Waals surface area contributed by atoms with Crippen LogP contribution in [0.2, 0.25) is 0 Å². The predicted octanol–water partition coefficient (Wildman–Crippen LogP) is 3.21. The van der Waals surface area contributed by atoms with Crippen LogP contribution in [0.5, 0.6) is 0 Å². The van der Waals surface area contributed by atoms with Gasteiger partial charge in [0.15, 0.2) is 6.10 Å². The maximum atomic E-state index is 11.6. The third-order valence-electron chi connectivity index (χ3n) is 2.87. The normalized spacial score (nSPS) is 12.6. The van der Waals surface area contributed by atoms with Crippen LogP contribution in [0.15, 0.2) is 30.8 Å². The lowest BCUT2D eigenvalue weighted by Crippen LogP contribution is -2.26. The SMILES string of the molecule is C=C(c1ccc(CC(C)C)cc1)C(O)C(=O)OC(C)C. The van der Waals surface area contributed by atoms with E-state index in [1.54, 1.807) is 13.8 Å². The predicted molar refractivity (Wildman–Crippen MR) is 81.3 cm³/mol. The minimum atomic E-state index is -1.31. The molecule has 0 radical (unpaired) electrons. The van der Waals surface area contributed by atoms with Crippen molar-refractivity contribution in [3.63, 3.8) is 0 Å². The van der Waals surface area contributed by atoms with E-state index in [-0.39, 0.29) is 6.10 Å². The highest BCUT2D eigenvalue weighted by molar-refractivity contribution is 5.90. The second kappa shape index (κ2) is 7.25. The molecule has 1 aromatic carbocycles. The van der Waals surface area contributed by atoms with Gasteiger partial charge in [-0.25, -0.2) is 4.79 Å². The van der Waals surface area contributed by atoms with Gasteiger partial charge in [-0.3, -0.25) is 0 Å². The monoisotopic (exact) mass is 276 g/mol. The van der Waals surface area contributed by atoms with E-state index in [1.165, 1.54) is 5.56 Å². The quantitative estimate of drug-likeness (QED) is 0.812. The first-order chi connectivity index (χ1) is 9.31. The Bertz CT molecular complexity index is 458. The van der Waals surface area contributed by atoms with Gasteiger partial charge in [-0.15, -0.1) is 0 Å². The summed E-state index contributed by atoms with van der Waals surface area (Å²) in [5.74, 6) is -0.0630. The summed E-state index contributed by atoms with van der Waals surface area (Å²) in [6.45, 7) is 11.6. The average molecular weight is 276 g/mol. The van der Waals surface area contributed by atoms with Crippen molar-refractivity contribution in [1.82, 2.24) is 0 Å². The number of esters is 1. The van der Waals surface area contributed by atoms with Crippen LogP contribution in [-0.2, 0) is 16.0 Å². The summed E-state index contributed by atoms with van der Waals surface area (Å²) in [6.07, 6.45) is -0.559. The van der Waals surface area contributed by atoms with Gasteiger partial charge in [-0.1, -0.05) is 44.7 Å². The standard InChI is InChI=1S/C17H24O3/c1-11(2)10-14-6-8-15(9-7-14)13(5)16(18)17(19)20-12(3)4/h6-9,11-12,16,18H,5,10H2,1-4H3. The highest BCUT2D eigenvalue weighted by atomic mass is 16.6. The molecule has 0 amide bonds. The van der Waals surface area contributed by atoms with Gasteiger partial charge >= 0.3 is 5.97 Å². The van der Waals surface area contributed by atoms with Crippen molar-refractivity contribution >= 4 is 11.5 Å². The molecule has 0 spiro atoms. The Morgan fingerprint density at radius 1 is 1.20 bits per heavy atom. The summed E-state index contributed by atoms with van der Waals surface area (Å²) in [4.78, 5) is 11.6. The molecule has 0 fully saturated rings. The summed E-state index contributed by atoms with van der Waals surface area (Å²) in [7, 11) is 0. The smallest absolute Gasteiger partial charge is 0.339 e. The first kappa shape index (κ1) is 16.4. The molecule has 1 unspecified atom stereocenters. The molecule has 1 aromatic rings. The number of aliphatic hydroxyl groups excluding tert-OH is 1. The Kier molecular flexibility index (Phi) is 5.96. The molecule has 20 heavy (non-hydrogen) atoms. The van der Waals surface area contributed by atoms with Gasteiger partial charge in [0.05, 0.1) is 6.10 Å². The molecule has 3 nitrogen and oxygen atoms in total. The zero-order chi connectivity index (χ0) is 15.3. The molecule has 0 aromatic heterocycles. The zero-order valence-corrected chi connectivity index (χ0v) is 12.7. The number of hydrogen-bond acceptors (Lipinski definition) is 3. The van der Waals surface area contributed by atoms with E-state index >= 15 is 0 Å². The van der Waals surface area contributed by atoms with E-state index in [9.17, 15) is 9.90 Å². The molecule has 0 aliphatic heterocycles. The molecule has 1 atom stereocenters. The van der Waals surface area contributed by atoms with E-state index in [0.717, 1.165) is 12.0 Å². The van der Waals surface area contributed by atoms with Crippen molar-refractivity contribution in [3.05, 3.63) is 42.0 Å². The topological polar surface area (TPSA) is 46.5 Å². The van der Waals surface area contributed by atoms with Gasteiger partial charge in [-0.05, 0) is 42.9 Å². The number of hydrogen-bond donors (Lipinski definition) is 1. The number of benzene rings is 1. The Morgan fingerprint density at radius 2 is 1.75 bits per heavy atom. The van der Waals surface area contributed by atoms with E-state index in [0.29, 0.717) is 11.5 Å². The molecule has 1 N–H and O–H groups in total. The van der Waals surface area contributed by atoms with Crippen LogP contribution in [0.25, 0.3) is 5.57 Å². The largest absolute Gasteiger partial charge is 0.461 e. The van der Waals surface area contributed by atoms with Crippen LogP contribution in [0, 0.1) is 5.92 Å². The Labute approximate surface area is 121 Å². The van der Waals surface area contributed by atoms with Gasteiger partial charge in [0.2, 0.25) is 0 Å². The van der Waals surface area contributed by atoms with Crippen molar-refractivity contribution in [3.8, 4) is 0 Å². The Balaban J connectivity index is 2.74. The zero-order valence-electron chi connectivity index (χ0n) is 12.7. The first-order valence-electron chi connectivity index (χ1n) is 6.98. The average Bonchev–Trinajstić information content (AvgIpc) is 2.36. The minimum absolute atomic E-state index is 0.252. The number of ether oxygens (including phenoxy) is 1. The molecule has 0 aliphatic rings. The Hall–Kier alpha value is -1.61. The van der Waals surface area contributed by atoms with Gasteiger partial charge in [-0.2, -0.15) is 0 Å². The molecule has 0 aliphatic carbocycles. The van der Waals surface area contributed by atoms with Crippen LogP contribution in [-0.4, -0.2) is 23.3 Å². The highest BCUT2D eigenvalue weighted by Crippen LogP contribution is 2.19. The fraction of sp³-hybridized carbons (Fsp3) is 0.471. The van der Waals surface area contributed by atoms with Gasteiger partial charge in [0.25, 0.3) is 0 Å². The molecule has 0 saturated heterocycles. The molecule has 3 heteroatoms. The maximum absolute atomic E-state index is 11.6. The van der Waals surface area contributed by atoms with Crippen LogP contribution >= 0.6 is 0 Å². The number of carbonyl (C=O) groups excluding carboxylic acids is 1. The molecular formula is C17H24O3. The van der Waals surface area contributed by atoms with E-state index in [4.69, 9.17) is 4.74 Å². The van der Waals surface area contributed by atoms with E-state index < -0.39 is 12.1 Å². The lowest BCUT2D eigenvalue weighted by Gasteiger charge is -2.15. The van der Waals surface area contributed by atoms with Crippen molar-refractivity contribution in [2.24, 2.45) is 5.92 Å². The van der Waals surface area contributed by atoms with Crippen LogP contribution in [0.3, 0.4) is 0 Å². The lowest BCUT2D eigenvalue weighted by molar-refractivity contribution is -0.154. The minimum Gasteiger partial charge on any atom is -0.461 e. The Morgan fingerprint density at radius 3 is 2.20 bits per heavy atom. The van der Waals surface area contributed by atoms with Crippen molar-refractivity contribution in [1.29, 1.82) is 0 Å². The van der Waals surface area contributed by atoms with Crippen LogP contribution in [0.4, 0.5) is 0 Å². The third-order valence-corrected chi connectivity index (χ3v) is 2.87. The number of rotatable bonds is 6. The van der Waals surface area contributed by atoms with E-state index in [2.05, 4.69) is 20.4 Å². The number of carbonyl (C=O) groups is 1. The van der Waals surface area contributed by atoms with Gasteiger partial charge < -0.3 is 9.84 Å². The maximum Gasteiger partial charge on any atom is 0.339 e. The summed E-state index contributed by atoms with van der Waals surface area (Å²) in [5.41, 5.74) is 2.35. The molecular weight excluding hydrogens is 252 g/mol. The third kappa shape index (κ3) is 4.82. The van der Waals surface area contributed by atoms with E-state index in [1.807, 2.05) is 24.3 Å². The summed E-state index contributed by atoms with van der Waals surface area (Å²) < 4.78 is 4.98. The highest BCUT2D eigenvalue weighted by Gasteiger charge is 2.22.